The molecule has 2 N–H and O–H groups in total. The molecule has 18 heavy (non-hydrogen) atoms. The Balaban J connectivity index is 2.19. The fourth-order valence-electron chi connectivity index (χ4n) is 1.53. The number of nitrogens with zero attached hydrogens (tertiary/aromatic N) is 2. The van der Waals surface area contributed by atoms with Gasteiger partial charge in [-0.15, -0.1) is 0 Å². The Bertz CT molecular complexity index is 551. The second-order valence-electron chi connectivity index (χ2n) is 3.81. The summed E-state index contributed by atoms with van der Waals surface area (Å²) in [6, 6.07) is 5.41. The highest BCUT2D eigenvalue weighted by atomic mass is 16.1. The first-order valence-electron chi connectivity index (χ1n) is 5.56. The molecule has 5 heteroatoms. The first kappa shape index (κ1) is 12.0. The molecule has 1 amide bonds. The molecule has 2 aromatic rings. The maximum Gasteiger partial charge on any atom is 0.259 e. The number of pyridine rings is 2. The molecular weight excluding hydrogens is 228 g/mol. The van der Waals surface area contributed by atoms with Gasteiger partial charge in [0.15, 0.2) is 0 Å². The van der Waals surface area contributed by atoms with Crippen molar-refractivity contribution in [1.82, 2.24) is 9.97 Å². The predicted octanol–water partition coefficient (Wildman–Crippen LogP) is 2.08. The summed E-state index contributed by atoms with van der Waals surface area (Å²) >= 11 is 0. The monoisotopic (exact) mass is 242 g/mol. The van der Waals surface area contributed by atoms with Gasteiger partial charge >= 0.3 is 0 Å². The van der Waals surface area contributed by atoms with Crippen LogP contribution >= 0.6 is 0 Å². The molecule has 0 saturated carbocycles. The smallest absolute Gasteiger partial charge is 0.259 e. The average molecular weight is 242 g/mol. The molecule has 0 aliphatic carbocycles. The lowest BCUT2D eigenvalue weighted by molar-refractivity contribution is 0.102. The van der Waals surface area contributed by atoms with E-state index < -0.39 is 0 Å². The predicted molar refractivity (Wildman–Crippen MR) is 70.7 cm³/mol. The van der Waals surface area contributed by atoms with Crippen LogP contribution in [-0.2, 0) is 0 Å². The number of rotatable bonds is 3. The summed E-state index contributed by atoms with van der Waals surface area (Å²) in [5.41, 5.74) is 2.81. The van der Waals surface area contributed by atoms with Crippen molar-refractivity contribution in [3.8, 4) is 0 Å². The van der Waals surface area contributed by atoms with Crippen LogP contribution in [0.15, 0.2) is 36.8 Å². The van der Waals surface area contributed by atoms with Crippen molar-refractivity contribution in [3.63, 3.8) is 0 Å². The summed E-state index contributed by atoms with van der Waals surface area (Å²) in [7, 11) is 1.76. The summed E-state index contributed by atoms with van der Waals surface area (Å²) in [6.07, 6.45) is 4.79. The van der Waals surface area contributed by atoms with Crippen molar-refractivity contribution in [3.05, 3.63) is 48.0 Å². The number of carbonyl (C=O) groups is 1. The van der Waals surface area contributed by atoms with E-state index in [0.29, 0.717) is 11.3 Å². The number of hydrogen-bond donors (Lipinski definition) is 2. The summed E-state index contributed by atoms with van der Waals surface area (Å²) in [6.45, 7) is 1.89. The van der Waals surface area contributed by atoms with E-state index in [4.69, 9.17) is 0 Å². The molecular formula is C13H14N4O. The van der Waals surface area contributed by atoms with Crippen LogP contribution in [-0.4, -0.2) is 22.9 Å². The molecule has 0 radical (unpaired) electrons. The van der Waals surface area contributed by atoms with Gasteiger partial charge in [-0.2, -0.15) is 0 Å². The number of amides is 1. The van der Waals surface area contributed by atoms with Crippen LogP contribution in [0.1, 0.15) is 16.1 Å². The van der Waals surface area contributed by atoms with E-state index in [-0.39, 0.29) is 5.91 Å². The van der Waals surface area contributed by atoms with E-state index in [0.717, 1.165) is 11.4 Å². The molecule has 0 aromatic carbocycles. The van der Waals surface area contributed by atoms with E-state index in [9.17, 15) is 4.79 Å². The largest absolute Gasteiger partial charge is 0.387 e. The van der Waals surface area contributed by atoms with Gasteiger partial charge in [0.2, 0.25) is 0 Å². The van der Waals surface area contributed by atoms with Gasteiger partial charge in [0.1, 0.15) is 0 Å². The standard InChI is InChI=1S/C13H14N4O/c1-9-3-4-10(7-16-9)17-13(18)11-8-15-6-5-12(11)14-2/h3-8H,1-2H3,(H,14,15)(H,17,18). The second-order valence-corrected chi connectivity index (χ2v) is 3.81. The molecule has 0 fully saturated rings. The van der Waals surface area contributed by atoms with Crippen LogP contribution in [0.2, 0.25) is 0 Å². The van der Waals surface area contributed by atoms with Gasteiger partial charge in [-0.3, -0.25) is 14.8 Å². The van der Waals surface area contributed by atoms with E-state index in [1.807, 2.05) is 19.1 Å². The molecule has 0 atom stereocenters. The molecule has 0 unspecified atom stereocenters. The van der Waals surface area contributed by atoms with Crippen LogP contribution in [0, 0.1) is 6.92 Å². The summed E-state index contributed by atoms with van der Waals surface area (Å²) in [4.78, 5) is 20.1. The van der Waals surface area contributed by atoms with Crippen LogP contribution in [0.5, 0.6) is 0 Å². The Hall–Kier alpha value is -2.43. The van der Waals surface area contributed by atoms with Gasteiger partial charge in [0.25, 0.3) is 5.91 Å². The molecule has 92 valence electrons. The van der Waals surface area contributed by atoms with Crippen LogP contribution in [0.4, 0.5) is 11.4 Å². The van der Waals surface area contributed by atoms with Crippen molar-refractivity contribution in [2.24, 2.45) is 0 Å². The molecule has 0 aliphatic heterocycles. The van der Waals surface area contributed by atoms with Crippen molar-refractivity contribution in [1.29, 1.82) is 0 Å². The fraction of sp³-hybridized carbons (Fsp3) is 0.154. The Morgan fingerprint density at radius 2 is 2.06 bits per heavy atom. The minimum atomic E-state index is -0.210. The average Bonchev–Trinajstić information content (AvgIpc) is 2.41. The van der Waals surface area contributed by atoms with Crippen LogP contribution in [0.25, 0.3) is 0 Å². The SMILES string of the molecule is CNc1ccncc1C(=O)Nc1ccc(C)nc1. The van der Waals surface area contributed by atoms with E-state index in [1.54, 1.807) is 25.5 Å². The van der Waals surface area contributed by atoms with Crippen molar-refractivity contribution in [2.75, 3.05) is 17.7 Å². The summed E-state index contributed by atoms with van der Waals surface area (Å²) in [5, 5.41) is 5.73. The number of carbonyl (C=O) groups excluding carboxylic acids is 1. The number of aromatic nitrogens is 2. The normalized spacial score (nSPS) is 9.89. The molecule has 5 nitrogen and oxygen atoms in total. The molecule has 2 heterocycles. The quantitative estimate of drug-likeness (QED) is 0.864. The second kappa shape index (κ2) is 5.27. The third-order valence-corrected chi connectivity index (χ3v) is 2.50. The molecule has 0 aliphatic rings. The van der Waals surface area contributed by atoms with Gasteiger partial charge < -0.3 is 10.6 Å². The van der Waals surface area contributed by atoms with Gasteiger partial charge in [-0.1, -0.05) is 0 Å². The van der Waals surface area contributed by atoms with Crippen molar-refractivity contribution in [2.45, 2.75) is 6.92 Å². The maximum absolute atomic E-state index is 12.1. The molecule has 0 saturated heterocycles. The third-order valence-electron chi connectivity index (χ3n) is 2.50. The van der Waals surface area contributed by atoms with Crippen LogP contribution in [0.3, 0.4) is 0 Å². The van der Waals surface area contributed by atoms with E-state index in [2.05, 4.69) is 20.6 Å². The Kier molecular flexibility index (Phi) is 3.52. The Morgan fingerprint density at radius 1 is 1.22 bits per heavy atom. The van der Waals surface area contributed by atoms with Gasteiger partial charge in [-0.25, -0.2) is 0 Å². The van der Waals surface area contributed by atoms with Crippen molar-refractivity contribution < 1.29 is 4.79 Å². The van der Waals surface area contributed by atoms with E-state index in [1.165, 1.54) is 6.20 Å². The first-order chi connectivity index (χ1) is 8.70. The molecule has 0 spiro atoms. The molecule has 2 aromatic heterocycles. The highest BCUT2D eigenvalue weighted by Crippen LogP contribution is 2.15. The lowest BCUT2D eigenvalue weighted by Crippen LogP contribution is -2.14. The molecule has 2 rings (SSSR count). The number of nitrogens with one attached hydrogen (secondary N) is 2. The zero-order valence-corrected chi connectivity index (χ0v) is 10.3. The number of hydrogen-bond acceptors (Lipinski definition) is 4. The zero-order valence-electron chi connectivity index (χ0n) is 10.3. The number of aryl methyl sites for hydroxylation is 1. The Labute approximate surface area is 105 Å². The summed E-state index contributed by atoms with van der Waals surface area (Å²) in [5.74, 6) is -0.210. The maximum atomic E-state index is 12.1. The zero-order chi connectivity index (χ0) is 13.0. The first-order valence-corrected chi connectivity index (χ1v) is 5.56. The highest BCUT2D eigenvalue weighted by Gasteiger charge is 2.10. The van der Waals surface area contributed by atoms with Crippen LogP contribution < -0.4 is 10.6 Å². The molecule has 0 bridgehead atoms. The number of anilines is 2. The van der Waals surface area contributed by atoms with Crippen molar-refractivity contribution >= 4 is 17.3 Å². The summed E-state index contributed by atoms with van der Waals surface area (Å²) < 4.78 is 0. The fourth-order valence-corrected chi connectivity index (χ4v) is 1.53. The third kappa shape index (κ3) is 2.63. The lowest BCUT2D eigenvalue weighted by Gasteiger charge is -2.08. The highest BCUT2D eigenvalue weighted by molar-refractivity contribution is 6.07. The topological polar surface area (TPSA) is 66.9 Å². The van der Waals surface area contributed by atoms with Gasteiger partial charge in [0.05, 0.1) is 17.4 Å². The van der Waals surface area contributed by atoms with Gasteiger partial charge in [-0.05, 0) is 25.1 Å². The minimum Gasteiger partial charge on any atom is -0.387 e. The van der Waals surface area contributed by atoms with Gasteiger partial charge in [0, 0.05) is 30.8 Å². The van der Waals surface area contributed by atoms with E-state index >= 15 is 0 Å². The lowest BCUT2D eigenvalue weighted by atomic mass is 10.2. The Morgan fingerprint density at radius 3 is 2.72 bits per heavy atom. The minimum absolute atomic E-state index is 0.210.